The van der Waals surface area contributed by atoms with E-state index in [9.17, 15) is 8.78 Å². The standard InChI is InChI=1S/C13H12ClF2N3/c14-8-2-1-3-9-10(8)11(18-17-9)19-7-13(15,16)6-12(19)4-5-12/h1-3H,4-7H2,(H,17,18). The number of hydrogen-bond acceptors (Lipinski definition) is 2. The summed E-state index contributed by atoms with van der Waals surface area (Å²) in [6.45, 7) is -0.266. The summed E-state index contributed by atoms with van der Waals surface area (Å²) < 4.78 is 27.4. The average Bonchev–Trinajstić information content (AvgIpc) is 2.86. The lowest BCUT2D eigenvalue weighted by Gasteiger charge is -2.23. The molecular weight excluding hydrogens is 272 g/mol. The van der Waals surface area contributed by atoms with E-state index in [2.05, 4.69) is 10.2 Å². The zero-order chi connectivity index (χ0) is 13.3. The zero-order valence-corrected chi connectivity index (χ0v) is 10.8. The van der Waals surface area contributed by atoms with E-state index < -0.39 is 11.5 Å². The van der Waals surface area contributed by atoms with Crippen molar-refractivity contribution in [3.05, 3.63) is 23.2 Å². The highest BCUT2D eigenvalue weighted by atomic mass is 35.5. The minimum Gasteiger partial charge on any atom is -0.343 e. The number of halogens is 3. The van der Waals surface area contributed by atoms with Crippen molar-refractivity contribution in [3.63, 3.8) is 0 Å². The Labute approximate surface area is 113 Å². The van der Waals surface area contributed by atoms with Gasteiger partial charge in [-0.15, -0.1) is 0 Å². The van der Waals surface area contributed by atoms with Crippen LogP contribution in [-0.4, -0.2) is 28.2 Å². The van der Waals surface area contributed by atoms with Crippen molar-refractivity contribution in [2.75, 3.05) is 11.4 Å². The van der Waals surface area contributed by atoms with Gasteiger partial charge in [0.1, 0.15) is 0 Å². The van der Waals surface area contributed by atoms with Crippen LogP contribution < -0.4 is 4.90 Å². The third-order valence-electron chi connectivity index (χ3n) is 4.15. The molecule has 1 aromatic carbocycles. The van der Waals surface area contributed by atoms with E-state index >= 15 is 0 Å². The predicted molar refractivity (Wildman–Crippen MR) is 70.0 cm³/mol. The van der Waals surface area contributed by atoms with Crippen molar-refractivity contribution in [1.82, 2.24) is 10.2 Å². The highest BCUT2D eigenvalue weighted by molar-refractivity contribution is 6.36. The van der Waals surface area contributed by atoms with E-state index in [-0.39, 0.29) is 13.0 Å². The number of benzene rings is 1. The van der Waals surface area contributed by atoms with Crippen molar-refractivity contribution >= 4 is 28.3 Å². The van der Waals surface area contributed by atoms with Gasteiger partial charge in [0.2, 0.25) is 0 Å². The first-order chi connectivity index (χ1) is 9.01. The van der Waals surface area contributed by atoms with Crippen LogP contribution in [0.2, 0.25) is 5.02 Å². The van der Waals surface area contributed by atoms with Gasteiger partial charge in [-0.2, -0.15) is 5.10 Å². The summed E-state index contributed by atoms with van der Waals surface area (Å²) in [5.41, 5.74) is 0.388. The number of alkyl halides is 2. The number of anilines is 1. The Morgan fingerprint density at radius 3 is 2.84 bits per heavy atom. The van der Waals surface area contributed by atoms with Gasteiger partial charge in [0.05, 0.1) is 22.5 Å². The van der Waals surface area contributed by atoms with Gasteiger partial charge in [0.15, 0.2) is 5.82 Å². The molecule has 1 aliphatic heterocycles. The molecule has 19 heavy (non-hydrogen) atoms. The van der Waals surface area contributed by atoms with Crippen molar-refractivity contribution < 1.29 is 8.78 Å². The summed E-state index contributed by atoms with van der Waals surface area (Å²) in [7, 11) is 0. The maximum atomic E-state index is 13.7. The minimum absolute atomic E-state index is 0.0706. The number of nitrogens with zero attached hydrogens (tertiary/aromatic N) is 2. The SMILES string of the molecule is FC1(F)CN(c2n[nH]c3cccc(Cl)c23)C2(CC2)C1. The molecule has 2 aromatic rings. The fourth-order valence-corrected chi connectivity index (χ4v) is 3.39. The topological polar surface area (TPSA) is 31.9 Å². The zero-order valence-electron chi connectivity index (χ0n) is 10.1. The maximum Gasteiger partial charge on any atom is 0.267 e. The Bertz CT molecular complexity index is 663. The van der Waals surface area contributed by atoms with Crippen molar-refractivity contribution in [2.24, 2.45) is 0 Å². The summed E-state index contributed by atoms with van der Waals surface area (Å²) in [4.78, 5) is 1.75. The van der Waals surface area contributed by atoms with Crippen LogP contribution in [0.4, 0.5) is 14.6 Å². The molecule has 0 atom stereocenters. The molecule has 1 saturated heterocycles. The molecule has 1 N–H and O–H groups in total. The highest BCUT2D eigenvalue weighted by Crippen LogP contribution is 2.56. The van der Waals surface area contributed by atoms with Gasteiger partial charge in [-0.25, -0.2) is 8.78 Å². The van der Waals surface area contributed by atoms with Crippen LogP contribution >= 0.6 is 11.6 Å². The van der Waals surface area contributed by atoms with Gasteiger partial charge in [-0.1, -0.05) is 17.7 Å². The molecule has 2 heterocycles. The van der Waals surface area contributed by atoms with Crippen LogP contribution in [0.3, 0.4) is 0 Å². The first-order valence-electron chi connectivity index (χ1n) is 6.29. The van der Waals surface area contributed by atoms with Gasteiger partial charge in [-0.3, -0.25) is 5.10 Å². The number of fused-ring (bicyclic) bond motifs is 1. The van der Waals surface area contributed by atoms with Gasteiger partial charge in [0, 0.05) is 12.0 Å². The molecule has 1 aliphatic carbocycles. The van der Waals surface area contributed by atoms with E-state index in [0.717, 1.165) is 23.7 Å². The van der Waals surface area contributed by atoms with Crippen LogP contribution in [0.1, 0.15) is 19.3 Å². The molecule has 6 heteroatoms. The summed E-state index contributed by atoms with van der Waals surface area (Å²) >= 11 is 6.19. The molecule has 3 nitrogen and oxygen atoms in total. The first kappa shape index (κ1) is 11.5. The fraction of sp³-hybridized carbons (Fsp3) is 0.462. The van der Waals surface area contributed by atoms with Gasteiger partial charge in [-0.05, 0) is 25.0 Å². The van der Waals surface area contributed by atoms with E-state index in [0.29, 0.717) is 10.8 Å². The highest BCUT2D eigenvalue weighted by Gasteiger charge is 2.62. The van der Waals surface area contributed by atoms with Crippen molar-refractivity contribution in [3.8, 4) is 0 Å². The number of nitrogens with one attached hydrogen (secondary N) is 1. The Kier molecular flexibility index (Phi) is 2.05. The van der Waals surface area contributed by atoms with Crippen molar-refractivity contribution in [1.29, 1.82) is 0 Å². The quantitative estimate of drug-likeness (QED) is 0.867. The molecule has 1 spiro atoms. The summed E-state index contributed by atoms with van der Waals surface area (Å²) in [5, 5.41) is 8.39. The van der Waals surface area contributed by atoms with Crippen LogP contribution in [0.15, 0.2) is 18.2 Å². The molecule has 1 saturated carbocycles. The first-order valence-corrected chi connectivity index (χ1v) is 6.67. The number of hydrogen-bond donors (Lipinski definition) is 1. The Hall–Kier alpha value is -1.36. The second kappa shape index (κ2) is 3.39. The normalized spacial score (nSPS) is 23.4. The summed E-state index contributed by atoms with van der Waals surface area (Å²) in [6, 6.07) is 5.43. The molecule has 4 rings (SSSR count). The summed E-state index contributed by atoms with van der Waals surface area (Å²) in [6.07, 6.45) is 1.54. The van der Waals surface area contributed by atoms with Crippen LogP contribution in [0, 0.1) is 0 Å². The number of H-pyrrole nitrogens is 1. The van der Waals surface area contributed by atoms with E-state index in [1.54, 1.807) is 11.0 Å². The second-order valence-electron chi connectivity index (χ2n) is 5.55. The molecule has 0 radical (unpaired) electrons. The predicted octanol–water partition coefficient (Wildman–Crippen LogP) is 3.59. The number of aromatic amines is 1. The molecule has 0 amide bonds. The minimum atomic E-state index is -2.64. The lowest BCUT2D eigenvalue weighted by atomic mass is 10.1. The monoisotopic (exact) mass is 283 g/mol. The van der Waals surface area contributed by atoms with Crippen LogP contribution in [-0.2, 0) is 0 Å². The third-order valence-corrected chi connectivity index (χ3v) is 4.47. The molecule has 1 aromatic heterocycles. The van der Waals surface area contributed by atoms with Gasteiger partial charge < -0.3 is 4.90 Å². The lowest BCUT2D eigenvalue weighted by Crippen LogP contribution is -2.32. The Balaban J connectivity index is 1.87. The Morgan fingerprint density at radius 2 is 2.11 bits per heavy atom. The molecule has 0 unspecified atom stereocenters. The Morgan fingerprint density at radius 1 is 1.32 bits per heavy atom. The second-order valence-corrected chi connectivity index (χ2v) is 5.96. The fourth-order valence-electron chi connectivity index (χ4n) is 3.13. The molecule has 100 valence electrons. The third kappa shape index (κ3) is 1.57. The van der Waals surface area contributed by atoms with Crippen molar-refractivity contribution in [2.45, 2.75) is 30.7 Å². The van der Waals surface area contributed by atoms with Crippen LogP contribution in [0.5, 0.6) is 0 Å². The summed E-state index contributed by atoms with van der Waals surface area (Å²) in [5.74, 6) is -2.07. The molecule has 2 aliphatic rings. The van der Waals surface area contributed by atoms with Crippen LogP contribution in [0.25, 0.3) is 10.9 Å². The average molecular weight is 284 g/mol. The number of rotatable bonds is 1. The van der Waals surface area contributed by atoms with Gasteiger partial charge in [0.25, 0.3) is 5.92 Å². The smallest absolute Gasteiger partial charge is 0.267 e. The maximum absolute atomic E-state index is 13.7. The lowest BCUT2D eigenvalue weighted by molar-refractivity contribution is 0.0214. The largest absolute Gasteiger partial charge is 0.343 e. The molecular formula is C13H12ClF2N3. The van der Waals surface area contributed by atoms with Gasteiger partial charge >= 0.3 is 0 Å². The van der Waals surface area contributed by atoms with E-state index in [4.69, 9.17) is 11.6 Å². The molecule has 0 bridgehead atoms. The molecule has 2 fully saturated rings. The van der Waals surface area contributed by atoms with E-state index in [1.807, 2.05) is 12.1 Å². The number of aromatic nitrogens is 2. The van der Waals surface area contributed by atoms with E-state index in [1.165, 1.54) is 0 Å².